The highest BCUT2D eigenvalue weighted by atomic mass is 32.2. The lowest BCUT2D eigenvalue weighted by molar-refractivity contribution is 0.0999. The average Bonchev–Trinajstić information content (AvgIpc) is 2.90. The van der Waals surface area contributed by atoms with Crippen molar-refractivity contribution in [3.8, 4) is 0 Å². The van der Waals surface area contributed by atoms with Gasteiger partial charge in [0.1, 0.15) is 0 Å². The Morgan fingerprint density at radius 1 is 1.13 bits per heavy atom. The van der Waals surface area contributed by atoms with Gasteiger partial charge in [0.25, 0.3) is 0 Å². The average molecular weight is 330 g/mol. The van der Waals surface area contributed by atoms with Crippen molar-refractivity contribution in [1.29, 1.82) is 0 Å². The van der Waals surface area contributed by atoms with E-state index in [1.54, 1.807) is 24.3 Å². The number of sulfonamides is 1. The molecule has 6 heteroatoms. The molecule has 23 heavy (non-hydrogen) atoms. The molecule has 1 aliphatic rings. The van der Waals surface area contributed by atoms with Crippen molar-refractivity contribution < 1.29 is 13.2 Å². The fraction of sp³-hybridized carbons (Fsp3) is 0.235. The highest BCUT2D eigenvalue weighted by molar-refractivity contribution is 7.88. The van der Waals surface area contributed by atoms with Gasteiger partial charge in [-0.05, 0) is 35.6 Å². The third-order valence-corrected chi connectivity index (χ3v) is 5.41. The summed E-state index contributed by atoms with van der Waals surface area (Å²) >= 11 is 0. The quantitative estimate of drug-likeness (QED) is 0.877. The maximum atomic E-state index is 12.4. The van der Waals surface area contributed by atoms with Crippen LogP contribution in [0.15, 0.2) is 48.5 Å². The summed E-state index contributed by atoms with van der Waals surface area (Å²) < 4.78 is 27.5. The smallest absolute Gasteiger partial charge is 0.248 e. The van der Waals surface area contributed by atoms with Gasteiger partial charge in [-0.2, -0.15) is 0 Å². The molecule has 0 saturated carbocycles. The number of nitrogens with two attached hydrogens (primary N) is 1. The number of primary amides is 1. The van der Waals surface area contributed by atoms with E-state index in [0.29, 0.717) is 18.4 Å². The van der Waals surface area contributed by atoms with Crippen molar-refractivity contribution in [1.82, 2.24) is 4.72 Å². The Hall–Kier alpha value is -2.18. The van der Waals surface area contributed by atoms with Crippen LogP contribution in [0.3, 0.4) is 0 Å². The lowest BCUT2D eigenvalue weighted by Crippen LogP contribution is -2.28. The highest BCUT2D eigenvalue weighted by Crippen LogP contribution is 2.33. The summed E-state index contributed by atoms with van der Waals surface area (Å²) in [4.78, 5) is 11.5. The summed E-state index contributed by atoms with van der Waals surface area (Å²) in [5.74, 6) is -0.538. The van der Waals surface area contributed by atoms with E-state index in [9.17, 15) is 13.2 Å². The third kappa shape index (κ3) is 3.43. The molecule has 0 heterocycles. The first-order valence-electron chi connectivity index (χ1n) is 7.42. The first-order valence-corrected chi connectivity index (χ1v) is 9.07. The van der Waals surface area contributed by atoms with Crippen LogP contribution in [-0.2, 0) is 22.2 Å². The number of fused-ring (bicyclic) bond motifs is 1. The number of benzene rings is 2. The van der Waals surface area contributed by atoms with Crippen molar-refractivity contribution in [2.24, 2.45) is 5.73 Å². The Balaban J connectivity index is 1.81. The Morgan fingerprint density at radius 3 is 2.57 bits per heavy atom. The van der Waals surface area contributed by atoms with Crippen LogP contribution in [-0.4, -0.2) is 14.3 Å². The summed E-state index contributed by atoms with van der Waals surface area (Å²) in [5.41, 5.74) is 8.30. The van der Waals surface area contributed by atoms with Gasteiger partial charge in [0, 0.05) is 11.6 Å². The van der Waals surface area contributed by atoms with Crippen molar-refractivity contribution in [3.05, 3.63) is 70.8 Å². The SMILES string of the molecule is NC(=O)c1cccc2c1CCC2NS(=O)(=O)Cc1ccccc1. The summed E-state index contributed by atoms with van der Waals surface area (Å²) in [6, 6.07) is 14.0. The molecule has 2 aromatic rings. The van der Waals surface area contributed by atoms with Crippen LogP contribution >= 0.6 is 0 Å². The molecule has 1 amide bonds. The molecule has 2 aromatic carbocycles. The van der Waals surface area contributed by atoms with E-state index < -0.39 is 15.9 Å². The van der Waals surface area contributed by atoms with Gasteiger partial charge in [0.15, 0.2) is 0 Å². The van der Waals surface area contributed by atoms with E-state index in [1.807, 2.05) is 24.3 Å². The Morgan fingerprint density at radius 2 is 1.87 bits per heavy atom. The fourth-order valence-corrected chi connectivity index (χ4v) is 4.45. The predicted molar refractivity (Wildman–Crippen MR) is 88.2 cm³/mol. The molecule has 0 fully saturated rings. The normalized spacial score (nSPS) is 17.0. The van der Waals surface area contributed by atoms with Crippen molar-refractivity contribution in [2.45, 2.75) is 24.6 Å². The minimum absolute atomic E-state index is 0.0603. The second kappa shape index (κ2) is 6.14. The van der Waals surface area contributed by atoms with Crippen LogP contribution in [0.4, 0.5) is 0 Å². The lowest BCUT2D eigenvalue weighted by atomic mass is 10.0. The monoisotopic (exact) mass is 330 g/mol. The van der Waals surface area contributed by atoms with Gasteiger partial charge in [0.2, 0.25) is 15.9 Å². The van der Waals surface area contributed by atoms with Gasteiger partial charge in [-0.25, -0.2) is 13.1 Å². The largest absolute Gasteiger partial charge is 0.366 e. The van der Waals surface area contributed by atoms with Gasteiger partial charge in [-0.1, -0.05) is 42.5 Å². The van der Waals surface area contributed by atoms with Gasteiger partial charge in [-0.3, -0.25) is 4.79 Å². The standard InChI is InChI=1S/C17H18N2O3S/c18-17(20)15-8-4-7-14-13(15)9-10-16(14)19-23(21,22)11-12-5-2-1-3-6-12/h1-8,16,19H,9-11H2,(H2,18,20). The zero-order valence-electron chi connectivity index (χ0n) is 12.5. The number of carbonyl (C=O) groups is 1. The predicted octanol–water partition coefficient (Wildman–Crippen LogP) is 1.89. The molecule has 0 saturated heterocycles. The van der Waals surface area contributed by atoms with Crippen LogP contribution in [0, 0.1) is 0 Å². The van der Waals surface area contributed by atoms with Crippen molar-refractivity contribution in [2.75, 3.05) is 0 Å². The van der Waals surface area contributed by atoms with Crippen LogP contribution < -0.4 is 10.5 Å². The maximum absolute atomic E-state index is 12.4. The van der Waals surface area contributed by atoms with Crippen LogP contribution in [0.1, 0.15) is 39.5 Å². The van der Waals surface area contributed by atoms with Gasteiger partial charge < -0.3 is 5.73 Å². The Labute approximate surface area is 135 Å². The van der Waals surface area contributed by atoms with E-state index in [1.165, 1.54) is 0 Å². The molecular formula is C17H18N2O3S. The van der Waals surface area contributed by atoms with Crippen LogP contribution in [0.5, 0.6) is 0 Å². The summed E-state index contributed by atoms with van der Waals surface area (Å²) in [7, 11) is -3.46. The van der Waals surface area contributed by atoms with Crippen LogP contribution in [0.2, 0.25) is 0 Å². The zero-order chi connectivity index (χ0) is 16.4. The molecule has 1 atom stereocenters. The first kappa shape index (κ1) is 15.7. The Kier molecular flexibility index (Phi) is 4.19. The van der Waals surface area contributed by atoms with Crippen LogP contribution in [0.25, 0.3) is 0 Å². The minimum Gasteiger partial charge on any atom is -0.366 e. The molecular weight excluding hydrogens is 312 g/mol. The Bertz CT molecular complexity index is 832. The topological polar surface area (TPSA) is 89.3 Å². The van der Waals surface area contributed by atoms with E-state index in [4.69, 9.17) is 5.73 Å². The molecule has 0 aliphatic heterocycles. The van der Waals surface area contributed by atoms with Gasteiger partial charge in [0.05, 0.1) is 5.75 Å². The molecule has 3 N–H and O–H groups in total. The van der Waals surface area contributed by atoms with E-state index >= 15 is 0 Å². The molecule has 5 nitrogen and oxygen atoms in total. The number of nitrogens with one attached hydrogen (secondary N) is 1. The third-order valence-electron chi connectivity index (χ3n) is 4.06. The zero-order valence-corrected chi connectivity index (χ0v) is 13.3. The molecule has 1 aliphatic carbocycles. The molecule has 0 bridgehead atoms. The highest BCUT2D eigenvalue weighted by Gasteiger charge is 2.29. The number of hydrogen-bond donors (Lipinski definition) is 2. The number of amides is 1. The summed E-state index contributed by atoms with van der Waals surface area (Å²) in [6.45, 7) is 0. The molecule has 0 spiro atoms. The number of rotatable bonds is 5. The molecule has 1 unspecified atom stereocenters. The molecule has 0 aromatic heterocycles. The summed E-state index contributed by atoms with van der Waals surface area (Å²) in [6.07, 6.45) is 1.28. The second-order valence-electron chi connectivity index (χ2n) is 5.69. The van der Waals surface area contributed by atoms with Gasteiger partial charge >= 0.3 is 0 Å². The molecule has 3 rings (SSSR count). The van der Waals surface area contributed by atoms with E-state index in [-0.39, 0.29) is 11.8 Å². The number of carbonyl (C=O) groups excluding carboxylic acids is 1. The molecule has 0 radical (unpaired) electrons. The second-order valence-corrected chi connectivity index (χ2v) is 7.45. The van der Waals surface area contributed by atoms with Crippen molar-refractivity contribution in [3.63, 3.8) is 0 Å². The van der Waals surface area contributed by atoms with Gasteiger partial charge in [-0.15, -0.1) is 0 Å². The van der Waals surface area contributed by atoms with Crippen molar-refractivity contribution >= 4 is 15.9 Å². The minimum atomic E-state index is -3.46. The first-order chi connectivity index (χ1) is 11.0. The fourth-order valence-electron chi connectivity index (χ4n) is 3.06. The number of hydrogen-bond acceptors (Lipinski definition) is 3. The summed E-state index contributed by atoms with van der Waals surface area (Å²) in [5, 5.41) is 0. The van der Waals surface area contributed by atoms with E-state index in [2.05, 4.69) is 4.72 Å². The lowest BCUT2D eigenvalue weighted by Gasteiger charge is -2.15. The maximum Gasteiger partial charge on any atom is 0.248 e. The van der Waals surface area contributed by atoms with E-state index in [0.717, 1.165) is 16.7 Å². The molecule has 120 valence electrons.